The molecule has 1 aromatic heterocycles. The zero-order chi connectivity index (χ0) is 13.9. The predicted molar refractivity (Wildman–Crippen MR) is 75.7 cm³/mol. The molecule has 106 valence electrons. The van der Waals surface area contributed by atoms with Gasteiger partial charge < -0.3 is 5.11 Å². The number of rotatable bonds is 3. The van der Waals surface area contributed by atoms with E-state index in [-0.39, 0.29) is 10.8 Å². The molecule has 2 aliphatic carbocycles. The van der Waals surface area contributed by atoms with E-state index in [1.54, 1.807) is 0 Å². The lowest BCUT2D eigenvalue weighted by atomic mass is 9.58. The van der Waals surface area contributed by atoms with Crippen molar-refractivity contribution in [3.05, 3.63) is 18.0 Å². The van der Waals surface area contributed by atoms with Gasteiger partial charge in [-0.25, -0.2) is 0 Å². The van der Waals surface area contributed by atoms with Crippen LogP contribution in [-0.2, 0) is 13.5 Å². The number of hydrogen-bond donors (Lipinski definition) is 1. The van der Waals surface area contributed by atoms with Crippen LogP contribution in [0.2, 0.25) is 0 Å². The first-order chi connectivity index (χ1) is 8.80. The van der Waals surface area contributed by atoms with E-state index in [4.69, 9.17) is 0 Å². The Kier molecular flexibility index (Phi) is 2.66. The van der Waals surface area contributed by atoms with E-state index in [9.17, 15) is 5.11 Å². The number of aromatic nitrogens is 2. The van der Waals surface area contributed by atoms with Gasteiger partial charge in [0.15, 0.2) is 0 Å². The number of hydrogen-bond acceptors (Lipinski definition) is 2. The van der Waals surface area contributed by atoms with Crippen LogP contribution in [0, 0.1) is 16.7 Å². The summed E-state index contributed by atoms with van der Waals surface area (Å²) in [6.45, 7) is 6.83. The van der Waals surface area contributed by atoms with E-state index in [0.717, 1.165) is 12.8 Å². The highest BCUT2D eigenvalue weighted by atomic mass is 16.3. The Morgan fingerprint density at radius 2 is 2.16 bits per heavy atom. The number of aryl methyl sites for hydroxylation is 2. The quantitative estimate of drug-likeness (QED) is 0.909. The largest absolute Gasteiger partial charge is 0.389 e. The second-order valence-electron chi connectivity index (χ2n) is 7.53. The molecule has 2 bridgehead atoms. The fraction of sp³-hybridized carbons (Fsp3) is 0.812. The zero-order valence-electron chi connectivity index (χ0n) is 12.6. The summed E-state index contributed by atoms with van der Waals surface area (Å²) < 4.78 is 1.92. The molecule has 1 heterocycles. The van der Waals surface area contributed by atoms with Gasteiger partial charge in [0.1, 0.15) is 0 Å². The molecule has 2 fully saturated rings. The van der Waals surface area contributed by atoms with Gasteiger partial charge in [-0.3, -0.25) is 4.68 Å². The van der Waals surface area contributed by atoms with Gasteiger partial charge in [0.05, 0.1) is 5.60 Å². The third-order valence-electron chi connectivity index (χ3n) is 6.49. The third-order valence-corrected chi connectivity index (χ3v) is 6.49. The highest BCUT2D eigenvalue weighted by Gasteiger charge is 2.67. The first kappa shape index (κ1) is 13.2. The molecule has 0 aromatic carbocycles. The van der Waals surface area contributed by atoms with Crippen molar-refractivity contribution < 1.29 is 5.11 Å². The molecule has 1 aromatic rings. The Morgan fingerprint density at radius 1 is 1.42 bits per heavy atom. The molecule has 19 heavy (non-hydrogen) atoms. The molecule has 3 rings (SSSR count). The van der Waals surface area contributed by atoms with Crippen LogP contribution in [0.1, 0.15) is 52.1 Å². The van der Waals surface area contributed by atoms with Crippen molar-refractivity contribution >= 4 is 0 Å². The molecule has 3 heteroatoms. The summed E-state index contributed by atoms with van der Waals surface area (Å²) in [6.07, 6.45) is 7.28. The minimum absolute atomic E-state index is 0.0403. The molecule has 2 aliphatic rings. The van der Waals surface area contributed by atoms with Gasteiger partial charge >= 0.3 is 0 Å². The van der Waals surface area contributed by atoms with Crippen LogP contribution in [0.4, 0.5) is 0 Å². The fourth-order valence-electron chi connectivity index (χ4n) is 4.93. The Morgan fingerprint density at radius 3 is 2.68 bits per heavy atom. The molecule has 0 radical (unpaired) electrons. The van der Waals surface area contributed by atoms with Crippen molar-refractivity contribution in [3.8, 4) is 0 Å². The van der Waals surface area contributed by atoms with Gasteiger partial charge in [-0.1, -0.05) is 20.8 Å². The minimum atomic E-state index is -0.535. The molecule has 0 aliphatic heterocycles. The summed E-state index contributed by atoms with van der Waals surface area (Å²) in [5.41, 5.74) is 0.835. The van der Waals surface area contributed by atoms with Gasteiger partial charge in [-0.05, 0) is 54.9 Å². The van der Waals surface area contributed by atoms with Gasteiger partial charge in [0, 0.05) is 18.9 Å². The summed E-state index contributed by atoms with van der Waals surface area (Å²) in [5.74, 6) is 0.689. The second-order valence-corrected chi connectivity index (χ2v) is 7.53. The maximum atomic E-state index is 11.4. The van der Waals surface area contributed by atoms with Gasteiger partial charge in [-0.15, -0.1) is 0 Å². The highest BCUT2D eigenvalue weighted by Crippen LogP contribution is 2.69. The lowest BCUT2D eigenvalue weighted by Crippen LogP contribution is -2.54. The normalized spacial score (nSPS) is 39.9. The molecule has 0 amide bonds. The standard InChI is InChI=1S/C16H26N2O/c1-14(2)12-5-8-15(3,11-12)16(14,19)9-6-13-7-10-17-18(13)4/h7,10,12,19H,5-6,8-9,11H2,1-4H3. The van der Waals surface area contributed by atoms with E-state index in [1.165, 1.54) is 25.0 Å². The first-order valence-corrected chi connectivity index (χ1v) is 7.49. The van der Waals surface area contributed by atoms with Crippen LogP contribution in [-0.4, -0.2) is 20.5 Å². The number of fused-ring (bicyclic) bond motifs is 2. The molecule has 0 spiro atoms. The zero-order valence-corrected chi connectivity index (χ0v) is 12.6. The lowest BCUT2D eigenvalue weighted by Gasteiger charge is -2.51. The first-order valence-electron chi connectivity index (χ1n) is 7.49. The maximum Gasteiger partial charge on any atom is 0.0758 e. The second kappa shape index (κ2) is 3.85. The van der Waals surface area contributed by atoms with Crippen molar-refractivity contribution in [1.82, 2.24) is 9.78 Å². The van der Waals surface area contributed by atoms with Crippen molar-refractivity contribution in [2.24, 2.45) is 23.8 Å². The third kappa shape index (κ3) is 1.57. The topological polar surface area (TPSA) is 38.0 Å². The van der Waals surface area contributed by atoms with Crippen LogP contribution in [0.15, 0.2) is 12.3 Å². The molecule has 3 nitrogen and oxygen atoms in total. The Balaban J connectivity index is 1.84. The molecular weight excluding hydrogens is 236 g/mol. The summed E-state index contributed by atoms with van der Waals surface area (Å²) in [5, 5.41) is 15.6. The van der Waals surface area contributed by atoms with Gasteiger partial charge in [-0.2, -0.15) is 5.10 Å². The van der Waals surface area contributed by atoms with E-state index in [1.807, 2.05) is 17.9 Å². The van der Waals surface area contributed by atoms with Crippen molar-refractivity contribution in [2.45, 2.75) is 58.5 Å². The average molecular weight is 262 g/mol. The van der Waals surface area contributed by atoms with Crippen LogP contribution in [0.5, 0.6) is 0 Å². The fourth-order valence-corrected chi connectivity index (χ4v) is 4.93. The Hall–Kier alpha value is -0.830. The molecular formula is C16H26N2O. The van der Waals surface area contributed by atoms with Gasteiger partial charge in [0.2, 0.25) is 0 Å². The summed E-state index contributed by atoms with van der Waals surface area (Å²) in [7, 11) is 1.98. The van der Waals surface area contributed by atoms with Crippen molar-refractivity contribution in [2.75, 3.05) is 0 Å². The van der Waals surface area contributed by atoms with Crippen LogP contribution >= 0.6 is 0 Å². The molecule has 1 N–H and O–H groups in total. The lowest BCUT2D eigenvalue weighted by molar-refractivity contribution is -0.147. The summed E-state index contributed by atoms with van der Waals surface area (Å²) in [4.78, 5) is 0. The number of aliphatic hydroxyl groups is 1. The Bertz CT molecular complexity index is 486. The maximum absolute atomic E-state index is 11.4. The van der Waals surface area contributed by atoms with E-state index >= 15 is 0 Å². The summed E-state index contributed by atoms with van der Waals surface area (Å²) >= 11 is 0. The molecule has 3 unspecified atom stereocenters. The van der Waals surface area contributed by atoms with Crippen molar-refractivity contribution in [1.29, 1.82) is 0 Å². The minimum Gasteiger partial charge on any atom is -0.389 e. The number of nitrogens with zero attached hydrogens (tertiary/aromatic N) is 2. The van der Waals surface area contributed by atoms with E-state index in [2.05, 4.69) is 31.9 Å². The monoisotopic (exact) mass is 262 g/mol. The summed E-state index contributed by atoms with van der Waals surface area (Å²) in [6, 6.07) is 2.06. The van der Waals surface area contributed by atoms with Crippen molar-refractivity contribution in [3.63, 3.8) is 0 Å². The van der Waals surface area contributed by atoms with E-state index < -0.39 is 5.60 Å². The predicted octanol–water partition coefficient (Wildman–Crippen LogP) is 2.93. The van der Waals surface area contributed by atoms with Gasteiger partial charge in [0.25, 0.3) is 0 Å². The average Bonchev–Trinajstić information content (AvgIpc) is 2.96. The van der Waals surface area contributed by atoms with Crippen LogP contribution in [0.25, 0.3) is 0 Å². The van der Waals surface area contributed by atoms with E-state index in [0.29, 0.717) is 5.92 Å². The van der Waals surface area contributed by atoms with Crippen LogP contribution in [0.3, 0.4) is 0 Å². The van der Waals surface area contributed by atoms with Crippen LogP contribution < -0.4 is 0 Å². The SMILES string of the molecule is Cn1nccc1CCC1(O)C2(C)CCC(C2)C1(C)C. The smallest absolute Gasteiger partial charge is 0.0758 e. The molecule has 0 saturated heterocycles. The Labute approximate surface area is 116 Å². The molecule has 3 atom stereocenters. The highest BCUT2D eigenvalue weighted by molar-refractivity contribution is 5.19. The molecule has 2 saturated carbocycles.